The van der Waals surface area contributed by atoms with E-state index in [0.717, 1.165) is 18.6 Å². The number of hydrogen-bond donors (Lipinski definition) is 1. The second-order valence-corrected chi connectivity index (χ2v) is 7.44. The van der Waals surface area contributed by atoms with Crippen LogP contribution in [0.3, 0.4) is 0 Å². The molecule has 1 N–H and O–H groups in total. The van der Waals surface area contributed by atoms with Crippen molar-refractivity contribution in [1.82, 2.24) is 10.2 Å². The van der Waals surface area contributed by atoms with Crippen LogP contribution >= 0.6 is 0 Å². The van der Waals surface area contributed by atoms with E-state index in [1.807, 2.05) is 0 Å². The summed E-state index contributed by atoms with van der Waals surface area (Å²) in [6.07, 6.45) is 11.3. The first-order chi connectivity index (χ1) is 9.12. The highest BCUT2D eigenvalue weighted by Crippen LogP contribution is 2.38. The van der Waals surface area contributed by atoms with Crippen molar-refractivity contribution in [2.24, 2.45) is 5.41 Å². The molecule has 1 aliphatic carbocycles. The topological polar surface area (TPSA) is 15.3 Å². The Kier molecular flexibility index (Phi) is 5.70. The minimum Gasteiger partial charge on any atom is -0.313 e. The average molecular weight is 266 g/mol. The fourth-order valence-electron chi connectivity index (χ4n) is 4.04. The summed E-state index contributed by atoms with van der Waals surface area (Å²) in [5.74, 6) is 0. The van der Waals surface area contributed by atoms with Crippen molar-refractivity contribution in [3.63, 3.8) is 0 Å². The van der Waals surface area contributed by atoms with Crippen LogP contribution in [0.25, 0.3) is 0 Å². The predicted molar refractivity (Wildman–Crippen MR) is 83.5 cm³/mol. The lowest BCUT2D eigenvalue weighted by Crippen LogP contribution is -2.55. The molecule has 0 bridgehead atoms. The first kappa shape index (κ1) is 15.3. The normalized spacial score (nSPS) is 33.6. The van der Waals surface area contributed by atoms with Gasteiger partial charge in [0, 0.05) is 12.1 Å². The lowest BCUT2D eigenvalue weighted by Gasteiger charge is -2.46. The number of rotatable bonds is 3. The molecule has 0 aromatic carbocycles. The Hall–Kier alpha value is -0.0800. The van der Waals surface area contributed by atoms with Gasteiger partial charge >= 0.3 is 0 Å². The highest BCUT2D eigenvalue weighted by molar-refractivity contribution is 4.94. The van der Waals surface area contributed by atoms with E-state index in [1.165, 1.54) is 64.5 Å². The minimum atomic E-state index is 0.541. The lowest BCUT2D eigenvalue weighted by molar-refractivity contribution is 0.0598. The quantitative estimate of drug-likeness (QED) is 0.835. The standard InChI is InChI=1S/C17H34N2/c1-4-18-15-10-11-17(2,3)14-16(15)19-12-8-6-5-7-9-13-19/h15-16,18H,4-14H2,1-3H3. The summed E-state index contributed by atoms with van der Waals surface area (Å²) in [5, 5.41) is 3.76. The van der Waals surface area contributed by atoms with Crippen LogP contribution in [-0.4, -0.2) is 36.6 Å². The molecule has 0 amide bonds. The molecule has 0 radical (unpaired) electrons. The number of hydrogen-bond acceptors (Lipinski definition) is 2. The number of likely N-dealkylation sites (tertiary alicyclic amines) is 1. The second kappa shape index (κ2) is 7.08. The van der Waals surface area contributed by atoms with Crippen LogP contribution in [0.15, 0.2) is 0 Å². The van der Waals surface area contributed by atoms with Gasteiger partial charge in [0.25, 0.3) is 0 Å². The molecule has 2 aliphatic rings. The van der Waals surface area contributed by atoms with Gasteiger partial charge in [-0.3, -0.25) is 4.90 Å². The Balaban J connectivity index is 2.01. The molecule has 2 unspecified atom stereocenters. The van der Waals surface area contributed by atoms with E-state index < -0.39 is 0 Å². The molecule has 2 atom stereocenters. The molecule has 2 rings (SSSR count). The monoisotopic (exact) mass is 266 g/mol. The van der Waals surface area contributed by atoms with Gasteiger partial charge in [0.2, 0.25) is 0 Å². The maximum atomic E-state index is 3.76. The molecule has 1 aliphatic heterocycles. The van der Waals surface area contributed by atoms with Crippen LogP contribution in [-0.2, 0) is 0 Å². The van der Waals surface area contributed by atoms with Crippen LogP contribution in [0.2, 0.25) is 0 Å². The van der Waals surface area contributed by atoms with Crippen molar-refractivity contribution in [1.29, 1.82) is 0 Å². The fraction of sp³-hybridized carbons (Fsp3) is 1.00. The van der Waals surface area contributed by atoms with Crippen LogP contribution in [0.1, 0.15) is 72.1 Å². The van der Waals surface area contributed by atoms with Crippen molar-refractivity contribution in [2.45, 2.75) is 84.2 Å². The third-order valence-electron chi connectivity index (χ3n) is 5.18. The second-order valence-electron chi connectivity index (χ2n) is 7.44. The first-order valence-electron chi connectivity index (χ1n) is 8.60. The van der Waals surface area contributed by atoms with Gasteiger partial charge in [-0.2, -0.15) is 0 Å². The molecular formula is C17H34N2. The SMILES string of the molecule is CCNC1CCC(C)(C)CC1N1CCCCCCC1. The molecule has 1 saturated carbocycles. The van der Waals surface area contributed by atoms with E-state index in [-0.39, 0.29) is 0 Å². The van der Waals surface area contributed by atoms with Crippen molar-refractivity contribution >= 4 is 0 Å². The van der Waals surface area contributed by atoms with E-state index >= 15 is 0 Å². The van der Waals surface area contributed by atoms with Crippen molar-refractivity contribution < 1.29 is 0 Å². The molecule has 1 heterocycles. The lowest BCUT2D eigenvalue weighted by atomic mass is 9.72. The number of nitrogens with zero attached hydrogens (tertiary/aromatic N) is 1. The summed E-state index contributed by atoms with van der Waals surface area (Å²) < 4.78 is 0. The highest BCUT2D eigenvalue weighted by atomic mass is 15.2. The molecule has 112 valence electrons. The average Bonchev–Trinajstić information content (AvgIpc) is 2.31. The summed E-state index contributed by atoms with van der Waals surface area (Å²) in [4.78, 5) is 2.83. The van der Waals surface area contributed by atoms with Crippen LogP contribution in [0.5, 0.6) is 0 Å². The largest absolute Gasteiger partial charge is 0.313 e. The Bertz CT molecular complexity index is 254. The summed E-state index contributed by atoms with van der Waals surface area (Å²) in [5.41, 5.74) is 0.541. The molecule has 2 nitrogen and oxygen atoms in total. The maximum absolute atomic E-state index is 3.76. The molecule has 2 heteroatoms. The summed E-state index contributed by atoms with van der Waals surface area (Å²) in [6.45, 7) is 11.0. The van der Waals surface area contributed by atoms with Gasteiger partial charge in [0.05, 0.1) is 0 Å². The van der Waals surface area contributed by atoms with Crippen LogP contribution in [0.4, 0.5) is 0 Å². The Morgan fingerprint density at radius 2 is 1.68 bits per heavy atom. The fourth-order valence-corrected chi connectivity index (χ4v) is 4.04. The van der Waals surface area contributed by atoms with Crippen molar-refractivity contribution in [2.75, 3.05) is 19.6 Å². The molecule has 1 saturated heterocycles. The minimum absolute atomic E-state index is 0.541. The van der Waals surface area contributed by atoms with E-state index in [1.54, 1.807) is 0 Å². The maximum Gasteiger partial charge on any atom is 0.0254 e. The van der Waals surface area contributed by atoms with Gasteiger partial charge in [-0.05, 0) is 57.2 Å². The van der Waals surface area contributed by atoms with E-state index in [0.29, 0.717) is 5.41 Å². The molecule has 0 aromatic rings. The molecular weight excluding hydrogens is 232 g/mol. The summed E-state index contributed by atoms with van der Waals surface area (Å²) in [7, 11) is 0. The van der Waals surface area contributed by atoms with E-state index in [2.05, 4.69) is 31.0 Å². The Morgan fingerprint density at radius 3 is 2.32 bits per heavy atom. The van der Waals surface area contributed by atoms with Gasteiger partial charge in [-0.1, -0.05) is 40.0 Å². The molecule has 2 fully saturated rings. The third kappa shape index (κ3) is 4.46. The zero-order valence-electron chi connectivity index (χ0n) is 13.4. The van der Waals surface area contributed by atoms with Gasteiger partial charge < -0.3 is 5.32 Å². The molecule has 0 aromatic heterocycles. The number of nitrogens with one attached hydrogen (secondary N) is 1. The van der Waals surface area contributed by atoms with E-state index in [4.69, 9.17) is 0 Å². The summed E-state index contributed by atoms with van der Waals surface area (Å²) in [6, 6.07) is 1.51. The van der Waals surface area contributed by atoms with Crippen LogP contribution < -0.4 is 5.32 Å². The molecule has 0 spiro atoms. The smallest absolute Gasteiger partial charge is 0.0254 e. The molecule has 19 heavy (non-hydrogen) atoms. The Labute approximate surface area is 120 Å². The van der Waals surface area contributed by atoms with Gasteiger partial charge in [-0.15, -0.1) is 0 Å². The number of likely N-dealkylation sites (N-methyl/N-ethyl adjacent to an activating group) is 1. The van der Waals surface area contributed by atoms with Gasteiger partial charge in [-0.25, -0.2) is 0 Å². The van der Waals surface area contributed by atoms with Crippen LogP contribution in [0, 0.1) is 5.41 Å². The predicted octanol–water partition coefficient (Wildman–Crippen LogP) is 3.81. The van der Waals surface area contributed by atoms with Crippen molar-refractivity contribution in [3.8, 4) is 0 Å². The van der Waals surface area contributed by atoms with Crippen molar-refractivity contribution in [3.05, 3.63) is 0 Å². The van der Waals surface area contributed by atoms with Gasteiger partial charge in [0.15, 0.2) is 0 Å². The third-order valence-corrected chi connectivity index (χ3v) is 5.18. The Morgan fingerprint density at radius 1 is 1.05 bits per heavy atom. The zero-order valence-corrected chi connectivity index (χ0v) is 13.4. The van der Waals surface area contributed by atoms with E-state index in [9.17, 15) is 0 Å². The highest BCUT2D eigenvalue weighted by Gasteiger charge is 2.37. The van der Waals surface area contributed by atoms with Gasteiger partial charge in [0.1, 0.15) is 0 Å². The zero-order chi connectivity index (χ0) is 13.7. The first-order valence-corrected chi connectivity index (χ1v) is 8.60. The summed E-state index contributed by atoms with van der Waals surface area (Å²) >= 11 is 0.